The van der Waals surface area contributed by atoms with Crippen molar-refractivity contribution >= 4 is 16.7 Å². The average Bonchev–Trinajstić information content (AvgIpc) is 3.21. The summed E-state index contributed by atoms with van der Waals surface area (Å²) in [6.45, 7) is 4.74. The van der Waals surface area contributed by atoms with Gasteiger partial charge in [0, 0.05) is 37.6 Å². The first-order chi connectivity index (χ1) is 12.8. The van der Waals surface area contributed by atoms with Gasteiger partial charge in [0.25, 0.3) is 0 Å². The molecule has 1 aliphatic rings. The number of aromatic nitrogens is 5. The van der Waals surface area contributed by atoms with Gasteiger partial charge in [0.05, 0.1) is 31.6 Å². The molecular weight excluding hydrogens is 334 g/mol. The molecule has 0 saturated carbocycles. The van der Waals surface area contributed by atoms with Crippen LogP contribution in [0, 0.1) is 0 Å². The molecule has 1 fully saturated rings. The molecule has 1 aromatic carbocycles. The minimum absolute atomic E-state index is 0.437. The van der Waals surface area contributed by atoms with E-state index in [4.69, 9.17) is 9.47 Å². The van der Waals surface area contributed by atoms with Crippen LogP contribution in [0.15, 0.2) is 30.9 Å². The smallest absolute Gasteiger partial charge is 0.163 e. The zero-order chi connectivity index (χ0) is 17.8. The summed E-state index contributed by atoms with van der Waals surface area (Å²) in [5.74, 6) is 2.25. The molecule has 0 aliphatic carbocycles. The minimum Gasteiger partial charge on any atom is -0.493 e. The van der Waals surface area contributed by atoms with E-state index in [2.05, 4.69) is 30.4 Å². The molecule has 9 nitrogen and oxygen atoms in total. The van der Waals surface area contributed by atoms with Crippen molar-refractivity contribution in [1.29, 1.82) is 0 Å². The number of hydrogen-bond donors (Lipinski definition) is 1. The molecule has 3 heterocycles. The van der Waals surface area contributed by atoms with Crippen LogP contribution in [0.3, 0.4) is 0 Å². The first-order valence-corrected chi connectivity index (χ1v) is 8.60. The summed E-state index contributed by atoms with van der Waals surface area (Å²) < 4.78 is 11.4. The number of hydrogen-bond acceptors (Lipinski definition) is 8. The molecule has 0 amide bonds. The van der Waals surface area contributed by atoms with Crippen molar-refractivity contribution in [3.63, 3.8) is 0 Å². The summed E-state index contributed by atoms with van der Waals surface area (Å²) in [6, 6.07) is 3.85. The summed E-state index contributed by atoms with van der Waals surface area (Å²) in [6.07, 6.45) is 4.89. The lowest BCUT2D eigenvalue weighted by molar-refractivity contribution is 0.267. The molecule has 2 aromatic heterocycles. The van der Waals surface area contributed by atoms with Gasteiger partial charge in [-0.2, -0.15) is 15.0 Å². The lowest BCUT2D eigenvalue weighted by Crippen LogP contribution is -2.44. The van der Waals surface area contributed by atoms with Crippen molar-refractivity contribution in [3.8, 4) is 11.5 Å². The summed E-state index contributed by atoms with van der Waals surface area (Å²) in [4.78, 5) is 12.8. The fraction of sp³-hybridized carbons (Fsp3) is 0.412. The number of rotatable bonds is 6. The first kappa shape index (κ1) is 16.5. The Hall–Kier alpha value is -2.94. The maximum absolute atomic E-state index is 5.88. The highest BCUT2D eigenvalue weighted by atomic mass is 16.5. The highest BCUT2D eigenvalue weighted by Crippen LogP contribution is 2.35. The zero-order valence-electron chi connectivity index (χ0n) is 14.6. The van der Waals surface area contributed by atoms with Crippen LogP contribution >= 0.6 is 0 Å². The molecule has 0 spiro atoms. The molecule has 26 heavy (non-hydrogen) atoms. The van der Waals surface area contributed by atoms with Gasteiger partial charge >= 0.3 is 0 Å². The Bertz CT molecular complexity index is 863. The van der Waals surface area contributed by atoms with Gasteiger partial charge in [-0.05, 0) is 6.07 Å². The third-order valence-electron chi connectivity index (χ3n) is 4.33. The molecule has 0 atom stereocenters. The van der Waals surface area contributed by atoms with Crippen molar-refractivity contribution in [2.45, 2.75) is 6.54 Å². The van der Waals surface area contributed by atoms with E-state index < -0.39 is 0 Å². The van der Waals surface area contributed by atoms with Gasteiger partial charge in [-0.25, -0.2) is 9.97 Å². The second-order valence-electron chi connectivity index (χ2n) is 5.93. The third-order valence-corrected chi connectivity index (χ3v) is 4.33. The van der Waals surface area contributed by atoms with Gasteiger partial charge in [0.2, 0.25) is 0 Å². The molecule has 0 radical (unpaired) electrons. The molecule has 3 aromatic rings. The van der Waals surface area contributed by atoms with Crippen LogP contribution in [0.5, 0.6) is 11.5 Å². The fourth-order valence-corrected chi connectivity index (χ4v) is 3.05. The van der Waals surface area contributed by atoms with Gasteiger partial charge in [0.1, 0.15) is 18.8 Å². The Morgan fingerprint density at radius 3 is 2.65 bits per heavy atom. The third kappa shape index (κ3) is 3.38. The van der Waals surface area contributed by atoms with E-state index in [1.807, 2.05) is 12.1 Å². The summed E-state index contributed by atoms with van der Waals surface area (Å²) in [7, 11) is 1.64. The molecular formula is C17H21N7O2. The average molecular weight is 355 g/mol. The second kappa shape index (κ2) is 7.52. The first-order valence-electron chi connectivity index (χ1n) is 8.60. The highest BCUT2D eigenvalue weighted by molar-refractivity contribution is 5.92. The number of piperazine rings is 1. The normalized spacial score (nSPS) is 14.6. The lowest BCUT2D eigenvalue weighted by atomic mass is 10.2. The maximum atomic E-state index is 5.88. The molecule has 136 valence electrons. The van der Waals surface area contributed by atoms with Crippen molar-refractivity contribution in [1.82, 2.24) is 30.3 Å². The molecule has 1 aliphatic heterocycles. The van der Waals surface area contributed by atoms with Crippen molar-refractivity contribution in [3.05, 3.63) is 30.9 Å². The summed E-state index contributed by atoms with van der Waals surface area (Å²) >= 11 is 0. The van der Waals surface area contributed by atoms with E-state index in [0.29, 0.717) is 24.7 Å². The van der Waals surface area contributed by atoms with Crippen molar-refractivity contribution in [2.75, 3.05) is 44.8 Å². The number of fused-ring (bicyclic) bond motifs is 1. The van der Waals surface area contributed by atoms with Gasteiger partial charge in [-0.15, -0.1) is 0 Å². The standard InChI is InChI=1S/C17H21N7O2/c1-25-15-10-13-14(11-16(15)26-9-8-24-21-2-3-22-24)19-12-20-17(13)23-6-4-18-5-7-23/h2-3,10-12,18H,4-9H2,1H3. The molecule has 9 heteroatoms. The SMILES string of the molecule is COc1cc2c(N3CCNCC3)ncnc2cc1OCCn1nccn1. The van der Waals surface area contributed by atoms with Gasteiger partial charge < -0.3 is 19.7 Å². The number of methoxy groups -OCH3 is 1. The second-order valence-corrected chi connectivity index (χ2v) is 5.93. The number of benzene rings is 1. The van der Waals surface area contributed by atoms with Gasteiger partial charge in [-0.1, -0.05) is 0 Å². The Morgan fingerprint density at radius 1 is 1.08 bits per heavy atom. The largest absolute Gasteiger partial charge is 0.493 e. The summed E-state index contributed by atoms with van der Waals surface area (Å²) in [5, 5.41) is 12.5. The van der Waals surface area contributed by atoms with Crippen molar-refractivity contribution in [2.24, 2.45) is 0 Å². The Balaban J connectivity index is 1.60. The quantitative estimate of drug-likeness (QED) is 0.692. The molecule has 1 N–H and O–H groups in total. The van der Waals surface area contributed by atoms with Crippen LogP contribution in [-0.4, -0.2) is 64.9 Å². The Kier molecular flexibility index (Phi) is 4.78. The van der Waals surface area contributed by atoms with Crippen LogP contribution in [0.1, 0.15) is 0 Å². The van der Waals surface area contributed by atoms with Crippen LogP contribution in [0.4, 0.5) is 5.82 Å². The zero-order valence-corrected chi connectivity index (χ0v) is 14.6. The predicted octanol–water partition coefficient (Wildman–Crippen LogP) is 0.718. The summed E-state index contributed by atoms with van der Waals surface area (Å²) in [5.41, 5.74) is 0.835. The van der Waals surface area contributed by atoms with Gasteiger partial charge in [-0.3, -0.25) is 0 Å². The lowest BCUT2D eigenvalue weighted by Gasteiger charge is -2.29. The minimum atomic E-state index is 0.437. The van der Waals surface area contributed by atoms with Crippen LogP contribution in [-0.2, 0) is 6.54 Å². The molecule has 1 saturated heterocycles. The number of nitrogens with one attached hydrogen (secondary N) is 1. The van der Waals surface area contributed by atoms with E-state index in [1.165, 1.54) is 0 Å². The fourth-order valence-electron chi connectivity index (χ4n) is 3.05. The van der Waals surface area contributed by atoms with Gasteiger partial charge in [0.15, 0.2) is 11.5 Å². The van der Waals surface area contributed by atoms with E-state index in [0.717, 1.165) is 42.9 Å². The monoisotopic (exact) mass is 355 g/mol. The Labute approximate surface area is 150 Å². The van der Waals surface area contributed by atoms with E-state index in [-0.39, 0.29) is 0 Å². The van der Waals surface area contributed by atoms with E-state index in [1.54, 1.807) is 30.6 Å². The molecule has 4 rings (SSSR count). The highest BCUT2D eigenvalue weighted by Gasteiger charge is 2.17. The van der Waals surface area contributed by atoms with Crippen LogP contribution in [0.25, 0.3) is 10.9 Å². The van der Waals surface area contributed by atoms with Crippen molar-refractivity contribution < 1.29 is 9.47 Å². The Morgan fingerprint density at radius 2 is 1.88 bits per heavy atom. The van der Waals surface area contributed by atoms with Crippen LogP contribution in [0.2, 0.25) is 0 Å². The maximum Gasteiger partial charge on any atom is 0.163 e. The topological polar surface area (TPSA) is 90.2 Å². The number of anilines is 1. The number of ether oxygens (including phenoxy) is 2. The van der Waals surface area contributed by atoms with E-state index >= 15 is 0 Å². The number of nitrogens with zero attached hydrogens (tertiary/aromatic N) is 6. The van der Waals surface area contributed by atoms with E-state index in [9.17, 15) is 0 Å². The predicted molar refractivity (Wildman–Crippen MR) is 96.7 cm³/mol. The molecule has 0 bridgehead atoms. The molecule has 0 unspecified atom stereocenters. The van der Waals surface area contributed by atoms with Crippen LogP contribution < -0.4 is 19.7 Å².